The molecule has 0 aromatic rings. The summed E-state index contributed by atoms with van der Waals surface area (Å²) in [4.78, 5) is 34.6. The van der Waals surface area contributed by atoms with E-state index in [0.717, 1.165) is 44.9 Å². The van der Waals surface area contributed by atoms with E-state index < -0.39 is 11.4 Å². The van der Waals surface area contributed by atoms with Crippen LogP contribution in [0.4, 0.5) is 0 Å². The normalized spacial score (nSPS) is 20.6. The minimum absolute atomic E-state index is 0.0154. The Hall–Kier alpha value is -1.59. The van der Waals surface area contributed by atoms with Crippen molar-refractivity contribution in [3.05, 3.63) is 0 Å². The summed E-state index contributed by atoms with van der Waals surface area (Å²) in [6, 6.07) is 0.283. The van der Waals surface area contributed by atoms with Crippen LogP contribution in [0, 0.1) is 5.41 Å². The van der Waals surface area contributed by atoms with E-state index in [4.69, 9.17) is 5.11 Å². The third kappa shape index (κ3) is 5.36. The minimum atomic E-state index is -0.851. The molecule has 0 aliphatic heterocycles. The summed E-state index contributed by atoms with van der Waals surface area (Å²) >= 11 is 0. The van der Waals surface area contributed by atoms with Crippen molar-refractivity contribution in [2.24, 2.45) is 5.41 Å². The molecule has 2 aliphatic rings. The molecule has 0 spiro atoms. The van der Waals surface area contributed by atoms with Crippen molar-refractivity contribution < 1.29 is 19.5 Å². The van der Waals surface area contributed by atoms with Crippen LogP contribution >= 0.6 is 0 Å². The Kier molecular flexibility index (Phi) is 5.20. The van der Waals surface area contributed by atoms with Crippen LogP contribution in [0.5, 0.6) is 0 Å². The first kappa shape index (κ1) is 15.8. The Balaban J connectivity index is 1.79. The third-order valence-corrected chi connectivity index (χ3v) is 4.36. The zero-order valence-corrected chi connectivity index (χ0v) is 12.3. The van der Waals surface area contributed by atoms with Gasteiger partial charge in [0.1, 0.15) is 0 Å². The zero-order chi connectivity index (χ0) is 15.3. The molecule has 3 N–H and O–H groups in total. The van der Waals surface area contributed by atoms with Gasteiger partial charge in [-0.3, -0.25) is 14.4 Å². The quantitative estimate of drug-likeness (QED) is 0.657. The molecular weight excluding hydrogens is 272 g/mol. The summed E-state index contributed by atoms with van der Waals surface area (Å²) < 4.78 is 0. The lowest BCUT2D eigenvalue weighted by molar-refractivity contribution is -0.141. The Labute approximate surface area is 124 Å². The standard InChI is InChI=1S/C15H24N2O4/c18-12(16-10-13(19)17-11-4-5-11)8-15(9-14(20)21)6-2-1-3-7-15/h11H,1-10H2,(H,16,18)(H,17,19)(H,20,21). The monoisotopic (exact) mass is 296 g/mol. The van der Waals surface area contributed by atoms with Gasteiger partial charge in [-0.05, 0) is 31.1 Å². The van der Waals surface area contributed by atoms with Crippen molar-refractivity contribution in [3.63, 3.8) is 0 Å². The lowest BCUT2D eigenvalue weighted by Gasteiger charge is -2.35. The van der Waals surface area contributed by atoms with E-state index in [2.05, 4.69) is 10.6 Å². The Morgan fingerprint density at radius 1 is 1.00 bits per heavy atom. The van der Waals surface area contributed by atoms with E-state index in [1.54, 1.807) is 0 Å². The third-order valence-electron chi connectivity index (χ3n) is 4.36. The second-order valence-corrected chi connectivity index (χ2v) is 6.43. The lowest BCUT2D eigenvalue weighted by Crippen LogP contribution is -2.40. The summed E-state index contributed by atoms with van der Waals surface area (Å²) in [7, 11) is 0. The molecule has 0 saturated heterocycles. The van der Waals surface area contributed by atoms with E-state index in [1.165, 1.54) is 0 Å². The first-order chi connectivity index (χ1) is 9.99. The fraction of sp³-hybridized carbons (Fsp3) is 0.800. The van der Waals surface area contributed by atoms with Crippen LogP contribution in [0.25, 0.3) is 0 Å². The molecule has 0 aromatic carbocycles. The van der Waals surface area contributed by atoms with Gasteiger partial charge < -0.3 is 15.7 Å². The van der Waals surface area contributed by atoms with Gasteiger partial charge in [-0.15, -0.1) is 0 Å². The molecule has 0 aromatic heterocycles. The average molecular weight is 296 g/mol. The highest BCUT2D eigenvalue weighted by Crippen LogP contribution is 2.42. The fourth-order valence-corrected chi connectivity index (χ4v) is 3.13. The lowest BCUT2D eigenvalue weighted by atomic mass is 9.69. The number of aliphatic carboxylic acids is 1. The fourth-order valence-electron chi connectivity index (χ4n) is 3.13. The molecule has 2 fully saturated rings. The van der Waals surface area contributed by atoms with Crippen molar-refractivity contribution in [3.8, 4) is 0 Å². The van der Waals surface area contributed by atoms with Crippen molar-refractivity contribution in [1.29, 1.82) is 0 Å². The topological polar surface area (TPSA) is 95.5 Å². The molecule has 6 heteroatoms. The van der Waals surface area contributed by atoms with Gasteiger partial charge in [0.25, 0.3) is 0 Å². The van der Waals surface area contributed by atoms with Crippen molar-refractivity contribution in [1.82, 2.24) is 10.6 Å². The van der Waals surface area contributed by atoms with Gasteiger partial charge in [-0.25, -0.2) is 0 Å². The van der Waals surface area contributed by atoms with Gasteiger partial charge in [0.15, 0.2) is 0 Å². The van der Waals surface area contributed by atoms with Gasteiger partial charge in [0.2, 0.25) is 11.8 Å². The number of hydrogen-bond acceptors (Lipinski definition) is 3. The van der Waals surface area contributed by atoms with Gasteiger partial charge in [-0.2, -0.15) is 0 Å². The van der Waals surface area contributed by atoms with Gasteiger partial charge in [-0.1, -0.05) is 19.3 Å². The van der Waals surface area contributed by atoms with Crippen LogP contribution in [0.3, 0.4) is 0 Å². The van der Waals surface area contributed by atoms with Gasteiger partial charge in [0, 0.05) is 12.5 Å². The molecule has 6 nitrogen and oxygen atoms in total. The molecule has 0 atom stereocenters. The van der Waals surface area contributed by atoms with Gasteiger partial charge >= 0.3 is 5.97 Å². The number of amides is 2. The molecule has 0 heterocycles. The highest BCUT2D eigenvalue weighted by atomic mass is 16.4. The summed E-state index contributed by atoms with van der Waals surface area (Å²) in [5, 5.41) is 14.5. The summed E-state index contributed by atoms with van der Waals surface area (Å²) in [6.07, 6.45) is 6.88. The summed E-state index contributed by atoms with van der Waals surface area (Å²) in [5.41, 5.74) is -0.429. The van der Waals surface area contributed by atoms with Crippen LogP contribution in [0.1, 0.15) is 57.8 Å². The Morgan fingerprint density at radius 2 is 1.67 bits per heavy atom. The van der Waals surface area contributed by atoms with E-state index in [1.807, 2.05) is 0 Å². The first-order valence-corrected chi connectivity index (χ1v) is 7.77. The molecule has 0 unspecified atom stereocenters. The molecule has 2 amide bonds. The maximum Gasteiger partial charge on any atom is 0.303 e. The summed E-state index contributed by atoms with van der Waals surface area (Å²) in [5.74, 6) is -1.23. The van der Waals surface area contributed by atoms with Crippen molar-refractivity contribution in [2.45, 2.75) is 63.8 Å². The maximum atomic E-state index is 12.0. The van der Waals surface area contributed by atoms with Crippen LogP contribution in [0.15, 0.2) is 0 Å². The highest BCUT2D eigenvalue weighted by molar-refractivity contribution is 5.85. The molecule has 2 rings (SSSR count). The van der Waals surface area contributed by atoms with Gasteiger partial charge in [0.05, 0.1) is 13.0 Å². The smallest absolute Gasteiger partial charge is 0.303 e. The minimum Gasteiger partial charge on any atom is -0.481 e. The van der Waals surface area contributed by atoms with Crippen LogP contribution < -0.4 is 10.6 Å². The predicted molar refractivity (Wildman–Crippen MR) is 76.6 cm³/mol. The van der Waals surface area contributed by atoms with Crippen LogP contribution in [-0.4, -0.2) is 35.5 Å². The van der Waals surface area contributed by atoms with Crippen LogP contribution in [-0.2, 0) is 14.4 Å². The number of rotatable bonds is 7. The number of carboxylic acids is 1. The number of hydrogen-bond donors (Lipinski definition) is 3. The average Bonchev–Trinajstić information content (AvgIpc) is 3.20. The number of nitrogens with one attached hydrogen (secondary N) is 2. The van der Waals surface area contributed by atoms with Crippen molar-refractivity contribution >= 4 is 17.8 Å². The highest BCUT2D eigenvalue weighted by Gasteiger charge is 2.36. The maximum absolute atomic E-state index is 12.0. The van der Waals surface area contributed by atoms with Crippen molar-refractivity contribution in [2.75, 3.05) is 6.54 Å². The van der Waals surface area contributed by atoms with Crippen LogP contribution in [0.2, 0.25) is 0 Å². The molecule has 0 radical (unpaired) electrons. The van der Waals surface area contributed by atoms with E-state index >= 15 is 0 Å². The predicted octanol–water partition coefficient (Wildman–Crippen LogP) is 1.20. The summed E-state index contributed by atoms with van der Waals surface area (Å²) in [6.45, 7) is -0.0154. The Bertz CT molecular complexity index is 412. The van der Waals surface area contributed by atoms with E-state index in [9.17, 15) is 14.4 Å². The largest absolute Gasteiger partial charge is 0.481 e. The number of carboxylic acid groups (broad SMARTS) is 1. The van der Waals surface area contributed by atoms with E-state index in [-0.39, 0.29) is 37.2 Å². The number of carbonyl (C=O) groups is 3. The molecular formula is C15H24N2O4. The van der Waals surface area contributed by atoms with E-state index in [0.29, 0.717) is 0 Å². The zero-order valence-electron chi connectivity index (χ0n) is 12.3. The molecule has 21 heavy (non-hydrogen) atoms. The SMILES string of the molecule is O=C(O)CC1(CC(=O)NCC(=O)NC2CC2)CCCCC1. The second kappa shape index (κ2) is 6.91. The molecule has 2 aliphatic carbocycles. The molecule has 2 saturated carbocycles. The first-order valence-electron chi connectivity index (χ1n) is 7.77. The molecule has 118 valence electrons. The molecule has 0 bridgehead atoms. The Morgan fingerprint density at radius 3 is 2.24 bits per heavy atom. The second-order valence-electron chi connectivity index (χ2n) is 6.43. The number of carbonyl (C=O) groups excluding carboxylic acids is 2.